The molecule has 0 heterocycles. The Balaban J connectivity index is 2.24. The summed E-state index contributed by atoms with van der Waals surface area (Å²) in [7, 11) is 1.74. The second-order valence-electron chi connectivity index (χ2n) is 3.94. The van der Waals surface area contributed by atoms with Crippen LogP contribution < -0.4 is 0 Å². The number of thioether (sulfide) groups is 1. The van der Waals surface area contributed by atoms with Crippen LogP contribution in [0.5, 0.6) is 0 Å². The molecule has 1 aromatic carbocycles. The molecule has 0 spiro atoms. The van der Waals surface area contributed by atoms with Crippen molar-refractivity contribution in [2.24, 2.45) is 0 Å². The maximum Gasteiger partial charge on any atom is 0.223 e. The van der Waals surface area contributed by atoms with Gasteiger partial charge in [0.1, 0.15) is 5.82 Å². The number of aliphatic hydroxyl groups excluding tert-OH is 1. The molecular weight excluding hydrogens is 253 g/mol. The molecule has 1 rings (SSSR count). The number of hydrogen-bond acceptors (Lipinski definition) is 3. The lowest BCUT2D eigenvalue weighted by Crippen LogP contribution is -2.28. The fourth-order valence-electron chi connectivity index (χ4n) is 1.41. The SMILES string of the molecule is CN(CCCO)C(=O)CCSc1ccc(F)cc1. The number of aliphatic hydroxyl groups is 1. The van der Waals surface area contributed by atoms with Gasteiger partial charge in [0, 0.05) is 37.3 Å². The van der Waals surface area contributed by atoms with E-state index in [0.717, 1.165) is 4.90 Å². The number of carbonyl (C=O) groups is 1. The predicted molar refractivity (Wildman–Crippen MR) is 71.1 cm³/mol. The van der Waals surface area contributed by atoms with Gasteiger partial charge in [0.25, 0.3) is 0 Å². The predicted octanol–water partition coefficient (Wildman–Crippen LogP) is 2.15. The molecule has 0 bridgehead atoms. The van der Waals surface area contributed by atoms with Crippen molar-refractivity contribution in [3.63, 3.8) is 0 Å². The van der Waals surface area contributed by atoms with Crippen molar-refractivity contribution in [3.05, 3.63) is 30.1 Å². The van der Waals surface area contributed by atoms with Gasteiger partial charge in [-0.25, -0.2) is 4.39 Å². The van der Waals surface area contributed by atoms with Gasteiger partial charge in [-0.15, -0.1) is 11.8 Å². The van der Waals surface area contributed by atoms with Crippen LogP contribution in [-0.4, -0.2) is 41.9 Å². The number of carbonyl (C=O) groups excluding carboxylic acids is 1. The lowest BCUT2D eigenvalue weighted by Gasteiger charge is -2.16. The van der Waals surface area contributed by atoms with Crippen LogP contribution in [0.2, 0.25) is 0 Å². The normalized spacial score (nSPS) is 10.4. The minimum atomic E-state index is -0.251. The third-order valence-corrected chi connectivity index (χ3v) is 3.49. The molecule has 18 heavy (non-hydrogen) atoms. The zero-order valence-electron chi connectivity index (χ0n) is 10.4. The Morgan fingerprint density at radius 1 is 1.39 bits per heavy atom. The highest BCUT2D eigenvalue weighted by Crippen LogP contribution is 2.19. The van der Waals surface area contributed by atoms with Crippen molar-refractivity contribution in [2.45, 2.75) is 17.7 Å². The van der Waals surface area contributed by atoms with E-state index < -0.39 is 0 Å². The van der Waals surface area contributed by atoms with Crippen molar-refractivity contribution in [1.82, 2.24) is 4.90 Å². The van der Waals surface area contributed by atoms with E-state index in [2.05, 4.69) is 0 Å². The summed E-state index contributed by atoms with van der Waals surface area (Å²) in [4.78, 5) is 14.3. The van der Waals surface area contributed by atoms with E-state index in [1.807, 2.05) is 0 Å². The fourth-order valence-corrected chi connectivity index (χ4v) is 2.25. The molecule has 1 N–H and O–H groups in total. The summed E-state index contributed by atoms with van der Waals surface area (Å²) in [5.41, 5.74) is 0. The van der Waals surface area contributed by atoms with E-state index >= 15 is 0 Å². The van der Waals surface area contributed by atoms with Gasteiger partial charge < -0.3 is 10.0 Å². The van der Waals surface area contributed by atoms with Gasteiger partial charge in [-0.3, -0.25) is 4.79 Å². The molecule has 0 aliphatic carbocycles. The molecule has 0 fully saturated rings. The largest absolute Gasteiger partial charge is 0.396 e. The number of nitrogens with zero attached hydrogens (tertiary/aromatic N) is 1. The summed E-state index contributed by atoms with van der Waals surface area (Å²) in [5, 5.41) is 8.67. The number of hydrogen-bond donors (Lipinski definition) is 1. The van der Waals surface area contributed by atoms with Crippen LogP contribution in [0.4, 0.5) is 4.39 Å². The third-order valence-electron chi connectivity index (χ3n) is 2.48. The highest BCUT2D eigenvalue weighted by atomic mass is 32.2. The molecule has 0 saturated carbocycles. The van der Waals surface area contributed by atoms with Gasteiger partial charge in [0.15, 0.2) is 0 Å². The van der Waals surface area contributed by atoms with E-state index in [1.165, 1.54) is 23.9 Å². The molecule has 0 saturated heterocycles. The highest BCUT2D eigenvalue weighted by Gasteiger charge is 2.07. The highest BCUT2D eigenvalue weighted by molar-refractivity contribution is 7.99. The van der Waals surface area contributed by atoms with Gasteiger partial charge in [0.2, 0.25) is 5.91 Å². The minimum absolute atomic E-state index is 0.0676. The fraction of sp³-hybridized carbons (Fsp3) is 0.462. The number of rotatable bonds is 7. The van der Waals surface area contributed by atoms with E-state index in [-0.39, 0.29) is 18.3 Å². The molecule has 1 aromatic rings. The molecule has 0 aromatic heterocycles. The molecule has 0 radical (unpaired) electrons. The first-order valence-electron chi connectivity index (χ1n) is 5.86. The molecule has 100 valence electrons. The molecule has 0 unspecified atom stereocenters. The molecule has 3 nitrogen and oxygen atoms in total. The van der Waals surface area contributed by atoms with Crippen molar-refractivity contribution >= 4 is 17.7 Å². The van der Waals surface area contributed by atoms with Crippen molar-refractivity contribution < 1.29 is 14.3 Å². The first kappa shape index (κ1) is 15.0. The second-order valence-corrected chi connectivity index (χ2v) is 5.11. The third kappa shape index (κ3) is 5.51. The van der Waals surface area contributed by atoms with E-state index in [4.69, 9.17) is 5.11 Å². The van der Waals surface area contributed by atoms with Crippen LogP contribution in [0.1, 0.15) is 12.8 Å². The molecule has 1 amide bonds. The van der Waals surface area contributed by atoms with Gasteiger partial charge in [0.05, 0.1) is 0 Å². The van der Waals surface area contributed by atoms with Crippen LogP contribution in [0.25, 0.3) is 0 Å². The average Bonchev–Trinajstić information content (AvgIpc) is 2.38. The summed E-state index contributed by atoms with van der Waals surface area (Å²) in [6.07, 6.45) is 1.05. The lowest BCUT2D eigenvalue weighted by atomic mass is 10.3. The number of halogens is 1. The molecule has 0 aliphatic rings. The second kappa shape index (κ2) is 8.11. The van der Waals surface area contributed by atoms with Gasteiger partial charge in [-0.05, 0) is 30.7 Å². The Labute approximate surface area is 111 Å². The smallest absolute Gasteiger partial charge is 0.223 e. The number of benzene rings is 1. The maximum absolute atomic E-state index is 12.7. The van der Waals surface area contributed by atoms with Crippen LogP contribution in [0.3, 0.4) is 0 Å². The number of amides is 1. The topological polar surface area (TPSA) is 40.5 Å². The van der Waals surface area contributed by atoms with Crippen molar-refractivity contribution in [1.29, 1.82) is 0 Å². The first-order chi connectivity index (χ1) is 8.63. The average molecular weight is 271 g/mol. The van der Waals surface area contributed by atoms with Gasteiger partial charge in [-0.2, -0.15) is 0 Å². The zero-order valence-corrected chi connectivity index (χ0v) is 11.3. The van der Waals surface area contributed by atoms with Crippen LogP contribution in [-0.2, 0) is 4.79 Å². The van der Waals surface area contributed by atoms with E-state index in [0.29, 0.717) is 25.1 Å². The Hall–Kier alpha value is -1.07. The van der Waals surface area contributed by atoms with E-state index in [1.54, 1.807) is 24.1 Å². The van der Waals surface area contributed by atoms with Crippen molar-refractivity contribution in [2.75, 3.05) is 26.0 Å². The molecular formula is C13H18FNO2S. The summed E-state index contributed by atoms with van der Waals surface area (Å²) in [5.74, 6) is 0.491. The van der Waals surface area contributed by atoms with Gasteiger partial charge >= 0.3 is 0 Å². The maximum atomic E-state index is 12.7. The molecule has 0 atom stereocenters. The van der Waals surface area contributed by atoms with Crippen LogP contribution >= 0.6 is 11.8 Å². The Bertz CT molecular complexity index is 370. The van der Waals surface area contributed by atoms with E-state index in [9.17, 15) is 9.18 Å². The molecule has 5 heteroatoms. The van der Waals surface area contributed by atoms with Crippen molar-refractivity contribution in [3.8, 4) is 0 Å². The first-order valence-corrected chi connectivity index (χ1v) is 6.85. The molecule has 0 aliphatic heterocycles. The lowest BCUT2D eigenvalue weighted by molar-refractivity contribution is -0.129. The summed E-state index contributed by atoms with van der Waals surface area (Å²) in [6.45, 7) is 0.679. The van der Waals surface area contributed by atoms with Crippen LogP contribution in [0, 0.1) is 5.82 Å². The summed E-state index contributed by atoms with van der Waals surface area (Å²) >= 11 is 1.54. The Morgan fingerprint density at radius 3 is 2.67 bits per heavy atom. The minimum Gasteiger partial charge on any atom is -0.396 e. The Morgan fingerprint density at radius 2 is 2.06 bits per heavy atom. The monoisotopic (exact) mass is 271 g/mol. The zero-order chi connectivity index (χ0) is 13.4. The Kier molecular flexibility index (Phi) is 6.75. The standard InChI is InChI=1S/C13H18FNO2S/c1-15(8-2-9-16)13(17)7-10-18-12-5-3-11(14)4-6-12/h3-6,16H,2,7-10H2,1H3. The summed E-state index contributed by atoms with van der Waals surface area (Å²) in [6, 6.07) is 6.24. The summed E-state index contributed by atoms with van der Waals surface area (Å²) < 4.78 is 12.7. The van der Waals surface area contributed by atoms with Crippen LogP contribution in [0.15, 0.2) is 29.2 Å². The quantitative estimate of drug-likeness (QED) is 0.773. The van der Waals surface area contributed by atoms with Gasteiger partial charge in [-0.1, -0.05) is 0 Å².